The van der Waals surface area contributed by atoms with E-state index in [1.54, 1.807) is 28.4 Å². The van der Waals surface area contributed by atoms with E-state index < -0.39 is 0 Å². The van der Waals surface area contributed by atoms with Gasteiger partial charge in [0.25, 0.3) is 0 Å². The van der Waals surface area contributed by atoms with Crippen LogP contribution in [0.3, 0.4) is 0 Å². The Morgan fingerprint density at radius 1 is 0.489 bits per heavy atom. The van der Waals surface area contributed by atoms with Crippen LogP contribution < -0.4 is 34.9 Å². The van der Waals surface area contributed by atoms with Crippen molar-refractivity contribution in [3.05, 3.63) is 72.8 Å². The Kier molecular flexibility index (Phi) is 9.17. The van der Waals surface area contributed by atoms with Crippen LogP contribution in [-0.4, -0.2) is 64.6 Å². The lowest BCUT2D eigenvalue weighted by molar-refractivity contribution is 0.410. The third kappa shape index (κ3) is 5.91. The van der Waals surface area contributed by atoms with Gasteiger partial charge in [0, 0.05) is 23.9 Å². The lowest BCUT2D eigenvalue weighted by Crippen LogP contribution is -2.21. The van der Waals surface area contributed by atoms with Crippen molar-refractivity contribution < 1.29 is 18.9 Å². The van der Waals surface area contributed by atoms with E-state index in [-0.39, 0.29) is 0 Å². The van der Waals surface area contributed by atoms with Crippen LogP contribution in [-0.2, 0) is 0 Å². The summed E-state index contributed by atoms with van der Waals surface area (Å²) in [6.45, 7) is 3.37. The third-order valence-corrected chi connectivity index (χ3v) is 8.06. The summed E-state index contributed by atoms with van der Waals surface area (Å²) in [7, 11) is 6.71. The fraction of sp³-hybridized carbons (Fsp3) is 0.278. The number of fused-ring (bicyclic) bond motifs is 4. The van der Waals surface area contributed by atoms with Gasteiger partial charge in [0.15, 0.2) is 0 Å². The molecule has 0 saturated carbocycles. The third-order valence-electron chi connectivity index (χ3n) is 8.06. The summed E-state index contributed by atoms with van der Waals surface area (Å²) in [4.78, 5) is 9.80. The van der Waals surface area contributed by atoms with Crippen molar-refractivity contribution in [1.29, 1.82) is 0 Å². The zero-order chi connectivity index (χ0) is 31.2. The zero-order valence-corrected chi connectivity index (χ0v) is 26.2. The summed E-state index contributed by atoms with van der Waals surface area (Å²) in [5.41, 5.74) is 5.42. The smallest absolute Gasteiger partial charge is 0.145 e. The largest absolute Gasteiger partial charge is 0.496 e. The molecule has 9 nitrogen and oxygen atoms in total. The molecule has 0 atom stereocenters. The number of rotatable bonds is 14. The molecule has 0 aliphatic carbocycles. The molecule has 0 spiro atoms. The molecule has 0 saturated heterocycles. The number of nitrogens with one attached hydrogen (secondary N) is 3. The maximum Gasteiger partial charge on any atom is 0.145 e. The quantitative estimate of drug-likeness (QED) is 0.0894. The van der Waals surface area contributed by atoms with Gasteiger partial charge in [-0.05, 0) is 62.3 Å². The summed E-state index contributed by atoms with van der Waals surface area (Å²) in [6.07, 6.45) is 1.91. The second kappa shape index (κ2) is 13.7. The topological polar surface area (TPSA) is 98.8 Å². The van der Waals surface area contributed by atoms with Crippen LogP contribution in [0.15, 0.2) is 72.8 Å². The van der Waals surface area contributed by atoms with E-state index in [1.165, 1.54) is 0 Å². The maximum absolute atomic E-state index is 5.73. The van der Waals surface area contributed by atoms with Gasteiger partial charge in [-0.25, -0.2) is 9.97 Å². The second-order valence-electron chi connectivity index (χ2n) is 10.7. The molecule has 0 amide bonds. The van der Waals surface area contributed by atoms with Gasteiger partial charge in [0.2, 0.25) is 0 Å². The first-order chi connectivity index (χ1) is 22.2. The van der Waals surface area contributed by atoms with Crippen molar-refractivity contribution in [1.82, 2.24) is 15.3 Å². The standard InChI is InChI=1S/C36H39N5O4/c1-42-27-15-17-29(44-3)35-31(27)33(23-11-5-7-13-25(23)40-35)38-21-9-19-37-20-10-22-39-34-24-12-6-8-14-26(24)41-36-30(45-4)18-16-28(43-2)32(34)36/h5-8,11-18,37H,9-10,19-22H2,1-4H3,(H,38,40)(H,39,41). The fourth-order valence-corrected chi connectivity index (χ4v) is 5.90. The Morgan fingerprint density at radius 3 is 1.31 bits per heavy atom. The minimum atomic E-state index is 0.722. The van der Waals surface area contributed by atoms with Gasteiger partial charge in [-0.3, -0.25) is 0 Å². The molecule has 232 valence electrons. The second-order valence-corrected chi connectivity index (χ2v) is 10.7. The van der Waals surface area contributed by atoms with Gasteiger partial charge in [-0.1, -0.05) is 36.4 Å². The van der Waals surface area contributed by atoms with E-state index in [0.29, 0.717) is 0 Å². The first-order valence-electron chi connectivity index (χ1n) is 15.2. The average molecular weight is 606 g/mol. The molecule has 0 unspecified atom stereocenters. The molecule has 6 aromatic rings. The average Bonchev–Trinajstić information content (AvgIpc) is 3.09. The van der Waals surface area contributed by atoms with Crippen molar-refractivity contribution >= 4 is 55.0 Å². The van der Waals surface area contributed by atoms with E-state index in [2.05, 4.69) is 28.1 Å². The zero-order valence-electron chi connectivity index (χ0n) is 26.2. The predicted octanol–water partition coefficient (Wildman–Crippen LogP) is 7.02. The number of aromatic nitrogens is 2. The molecular weight excluding hydrogens is 566 g/mol. The first-order valence-corrected chi connectivity index (χ1v) is 15.2. The van der Waals surface area contributed by atoms with Crippen LogP contribution in [0.25, 0.3) is 43.6 Å². The lowest BCUT2D eigenvalue weighted by Gasteiger charge is -2.17. The molecule has 2 aromatic heterocycles. The Hall–Kier alpha value is -5.02. The number of ether oxygens (including phenoxy) is 4. The van der Waals surface area contributed by atoms with Crippen LogP contribution in [0.4, 0.5) is 11.4 Å². The summed E-state index contributed by atoms with van der Waals surface area (Å²) >= 11 is 0. The number of hydrogen-bond acceptors (Lipinski definition) is 9. The Balaban J connectivity index is 1.08. The van der Waals surface area contributed by atoms with Crippen molar-refractivity contribution in [2.75, 3.05) is 65.3 Å². The van der Waals surface area contributed by atoms with Crippen LogP contribution in [0.2, 0.25) is 0 Å². The molecule has 2 heterocycles. The highest BCUT2D eigenvalue weighted by Crippen LogP contribution is 2.42. The normalized spacial score (nSPS) is 11.3. The van der Waals surface area contributed by atoms with Crippen LogP contribution in [0, 0.1) is 0 Å². The Labute approximate surface area is 262 Å². The minimum Gasteiger partial charge on any atom is -0.496 e. The van der Waals surface area contributed by atoms with Gasteiger partial charge in [-0.15, -0.1) is 0 Å². The molecule has 6 rings (SSSR count). The van der Waals surface area contributed by atoms with E-state index in [1.807, 2.05) is 60.7 Å². The van der Waals surface area contributed by atoms with E-state index in [0.717, 1.165) is 117 Å². The molecule has 4 aromatic carbocycles. The maximum atomic E-state index is 5.73. The highest BCUT2D eigenvalue weighted by molar-refractivity contribution is 6.12. The van der Waals surface area contributed by atoms with Crippen LogP contribution in [0.5, 0.6) is 23.0 Å². The van der Waals surface area contributed by atoms with Gasteiger partial charge < -0.3 is 34.9 Å². The molecule has 0 bridgehead atoms. The van der Waals surface area contributed by atoms with Gasteiger partial charge in [-0.2, -0.15) is 0 Å². The lowest BCUT2D eigenvalue weighted by atomic mass is 10.1. The van der Waals surface area contributed by atoms with Crippen LogP contribution >= 0.6 is 0 Å². The highest BCUT2D eigenvalue weighted by atomic mass is 16.5. The van der Waals surface area contributed by atoms with Crippen molar-refractivity contribution in [2.45, 2.75) is 12.8 Å². The van der Waals surface area contributed by atoms with E-state index in [9.17, 15) is 0 Å². The summed E-state index contributed by atoms with van der Waals surface area (Å²) in [5, 5.41) is 14.9. The van der Waals surface area contributed by atoms with E-state index >= 15 is 0 Å². The van der Waals surface area contributed by atoms with Crippen molar-refractivity contribution in [2.24, 2.45) is 0 Å². The number of benzene rings is 4. The number of methoxy groups -OCH3 is 4. The number of pyridine rings is 2. The summed E-state index contributed by atoms with van der Waals surface area (Å²) < 4.78 is 22.7. The first kappa shape index (κ1) is 30.0. The Morgan fingerprint density at radius 2 is 0.889 bits per heavy atom. The Bertz CT molecular complexity index is 1820. The fourth-order valence-electron chi connectivity index (χ4n) is 5.90. The van der Waals surface area contributed by atoms with Crippen LogP contribution in [0.1, 0.15) is 12.8 Å². The molecular formula is C36H39N5O4. The summed E-state index contributed by atoms with van der Waals surface area (Å²) in [6, 6.07) is 24.0. The summed E-state index contributed by atoms with van der Waals surface area (Å²) in [5.74, 6) is 2.98. The molecule has 0 aliphatic rings. The molecule has 0 aliphatic heterocycles. The minimum absolute atomic E-state index is 0.722. The monoisotopic (exact) mass is 605 g/mol. The van der Waals surface area contributed by atoms with Crippen molar-refractivity contribution in [3.63, 3.8) is 0 Å². The molecule has 3 N–H and O–H groups in total. The van der Waals surface area contributed by atoms with Gasteiger partial charge in [0.05, 0.1) is 61.6 Å². The molecule has 0 fully saturated rings. The molecule has 45 heavy (non-hydrogen) atoms. The number of hydrogen-bond donors (Lipinski definition) is 3. The van der Waals surface area contributed by atoms with Gasteiger partial charge >= 0.3 is 0 Å². The van der Waals surface area contributed by atoms with Gasteiger partial charge in [0.1, 0.15) is 34.0 Å². The number of anilines is 2. The van der Waals surface area contributed by atoms with E-state index in [4.69, 9.17) is 28.9 Å². The molecule has 0 radical (unpaired) electrons. The van der Waals surface area contributed by atoms with Crippen molar-refractivity contribution in [3.8, 4) is 23.0 Å². The SMILES string of the molecule is COc1ccc(OC)c2c(NCCCNCCCNc3c4ccccc4nc4c(OC)ccc(OC)c34)c3ccccc3nc12. The molecule has 9 heteroatoms. The number of para-hydroxylation sites is 2. The number of nitrogens with zero attached hydrogens (tertiary/aromatic N) is 2. The highest BCUT2D eigenvalue weighted by Gasteiger charge is 2.18. The predicted molar refractivity (Wildman–Crippen MR) is 184 cm³/mol.